The Bertz CT molecular complexity index is 1860. The minimum Gasteiger partial charge on any atom is -0.455 e. The second-order valence-electron chi connectivity index (χ2n) is 8.80. The van der Waals surface area contributed by atoms with E-state index in [1.807, 2.05) is 0 Å². The fourth-order valence-electron chi connectivity index (χ4n) is 5.01. The summed E-state index contributed by atoms with van der Waals surface area (Å²) in [5.41, 5.74) is 1.19. The molecule has 186 valence electrons. The van der Waals surface area contributed by atoms with Crippen LogP contribution >= 0.6 is 0 Å². The first-order chi connectivity index (χ1) is 19.0. The summed E-state index contributed by atoms with van der Waals surface area (Å²) in [6.07, 6.45) is 8.95. The number of rotatable bonds is 4. The summed E-state index contributed by atoms with van der Waals surface area (Å²) in [6, 6.07) is 14.0. The average Bonchev–Trinajstić information content (AvgIpc) is 2.97. The van der Waals surface area contributed by atoms with Gasteiger partial charge in [-0.3, -0.25) is 34.1 Å². The van der Waals surface area contributed by atoms with Crippen LogP contribution in [0.5, 0.6) is 11.5 Å². The predicted molar refractivity (Wildman–Crippen MR) is 139 cm³/mol. The standard InChI is InChI=1S/C29H15N5O5/c35-26-19-3-4-20-24-23(19)21(28(37)33(26)16-5-10-30-11-6-16)14-22(39-18-2-1-9-32-15-18)25(24)29(38)34(27(20)36)17-7-12-31-13-8-17/h1-15H. The molecule has 39 heavy (non-hydrogen) atoms. The third-order valence-electron chi connectivity index (χ3n) is 6.67. The maximum atomic E-state index is 14.0. The van der Waals surface area contributed by atoms with Crippen molar-refractivity contribution < 1.29 is 23.9 Å². The van der Waals surface area contributed by atoms with Gasteiger partial charge in [0.05, 0.1) is 28.7 Å². The van der Waals surface area contributed by atoms with Crippen LogP contribution < -0.4 is 14.5 Å². The molecule has 5 aromatic rings. The van der Waals surface area contributed by atoms with E-state index < -0.39 is 23.6 Å². The summed E-state index contributed by atoms with van der Waals surface area (Å²) in [4.78, 5) is 69.2. The Hall–Kier alpha value is -5.77. The molecule has 2 aliphatic rings. The number of imide groups is 2. The van der Waals surface area contributed by atoms with Gasteiger partial charge >= 0.3 is 0 Å². The number of benzene rings is 2. The van der Waals surface area contributed by atoms with Crippen LogP contribution in [0.15, 0.2) is 91.8 Å². The molecular weight excluding hydrogens is 498 g/mol. The van der Waals surface area contributed by atoms with Gasteiger partial charge in [0.15, 0.2) is 0 Å². The maximum Gasteiger partial charge on any atom is 0.269 e. The molecule has 0 unspecified atom stereocenters. The number of aromatic nitrogens is 3. The molecule has 2 aromatic carbocycles. The molecule has 0 atom stereocenters. The maximum absolute atomic E-state index is 14.0. The van der Waals surface area contributed by atoms with Crippen molar-refractivity contribution in [1.82, 2.24) is 15.0 Å². The highest BCUT2D eigenvalue weighted by Crippen LogP contribution is 2.44. The van der Waals surface area contributed by atoms with Gasteiger partial charge in [0.1, 0.15) is 11.5 Å². The predicted octanol–water partition coefficient (Wildman–Crippen LogP) is 4.42. The summed E-state index contributed by atoms with van der Waals surface area (Å²) >= 11 is 0. The van der Waals surface area contributed by atoms with Gasteiger partial charge in [0.25, 0.3) is 23.6 Å². The van der Waals surface area contributed by atoms with E-state index in [9.17, 15) is 19.2 Å². The molecule has 10 heteroatoms. The first-order valence-corrected chi connectivity index (χ1v) is 11.8. The normalized spacial score (nSPS) is 14.3. The van der Waals surface area contributed by atoms with Crippen molar-refractivity contribution in [2.75, 3.05) is 9.80 Å². The van der Waals surface area contributed by atoms with Crippen molar-refractivity contribution in [2.24, 2.45) is 0 Å². The lowest BCUT2D eigenvalue weighted by atomic mass is 9.85. The summed E-state index contributed by atoms with van der Waals surface area (Å²) in [5, 5.41) is 0.428. The highest BCUT2D eigenvalue weighted by molar-refractivity contribution is 6.42. The first kappa shape index (κ1) is 22.4. The van der Waals surface area contributed by atoms with E-state index in [1.165, 1.54) is 49.2 Å². The zero-order valence-electron chi connectivity index (χ0n) is 19.9. The van der Waals surface area contributed by atoms with Crippen molar-refractivity contribution >= 4 is 45.8 Å². The van der Waals surface area contributed by atoms with Crippen molar-refractivity contribution in [3.63, 3.8) is 0 Å². The van der Waals surface area contributed by atoms with Gasteiger partial charge in [-0.15, -0.1) is 0 Å². The molecule has 0 saturated carbocycles. The second kappa shape index (κ2) is 8.38. The highest BCUT2D eigenvalue weighted by atomic mass is 16.5. The number of pyridine rings is 3. The first-order valence-electron chi connectivity index (χ1n) is 11.8. The summed E-state index contributed by atoms with van der Waals surface area (Å²) in [7, 11) is 0. The average molecular weight is 513 g/mol. The minimum absolute atomic E-state index is 0.0535. The molecule has 3 aromatic heterocycles. The van der Waals surface area contributed by atoms with Gasteiger partial charge in [0.2, 0.25) is 0 Å². The number of hydrogen-bond acceptors (Lipinski definition) is 8. The zero-order chi connectivity index (χ0) is 26.7. The Morgan fingerprint density at radius 1 is 0.564 bits per heavy atom. The Labute approximate surface area is 220 Å². The van der Waals surface area contributed by atoms with Crippen LogP contribution in [0.25, 0.3) is 10.8 Å². The Morgan fingerprint density at radius 3 is 1.72 bits per heavy atom. The van der Waals surface area contributed by atoms with Crippen molar-refractivity contribution in [1.29, 1.82) is 0 Å². The lowest BCUT2D eigenvalue weighted by Gasteiger charge is -2.32. The zero-order valence-corrected chi connectivity index (χ0v) is 19.9. The van der Waals surface area contributed by atoms with E-state index in [4.69, 9.17) is 4.74 Å². The molecule has 0 aliphatic carbocycles. The monoisotopic (exact) mass is 513 g/mol. The van der Waals surface area contributed by atoms with E-state index in [0.29, 0.717) is 17.1 Å². The van der Waals surface area contributed by atoms with Gasteiger partial charge in [-0.1, -0.05) is 0 Å². The van der Waals surface area contributed by atoms with Crippen molar-refractivity contribution in [3.05, 3.63) is 114 Å². The number of anilines is 2. The van der Waals surface area contributed by atoms with E-state index in [0.717, 1.165) is 9.80 Å². The number of hydrogen-bond donors (Lipinski definition) is 0. The fourth-order valence-corrected chi connectivity index (χ4v) is 5.01. The van der Waals surface area contributed by atoms with Gasteiger partial charge in [0, 0.05) is 52.9 Å². The number of ether oxygens (including phenoxy) is 1. The molecule has 0 radical (unpaired) electrons. The Balaban J connectivity index is 1.53. The van der Waals surface area contributed by atoms with Crippen LogP contribution in [0.1, 0.15) is 41.4 Å². The number of nitrogens with zero attached hydrogens (tertiary/aromatic N) is 5. The van der Waals surface area contributed by atoms with Crippen LogP contribution in [0.4, 0.5) is 11.4 Å². The summed E-state index contributed by atoms with van der Waals surface area (Å²) < 4.78 is 6.11. The van der Waals surface area contributed by atoms with Gasteiger partial charge in [-0.25, -0.2) is 9.80 Å². The molecule has 7 rings (SSSR count). The van der Waals surface area contributed by atoms with E-state index in [2.05, 4.69) is 15.0 Å². The highest BCUT2D eigenvalue weighted by Gasteiger charge is 2.42. The lowest BCUT2D eigenvalue weighted by molar-refractivity contribution is 0.0871. The Kier molecular flexibility index (Phi) is 4.82. The number of amides is 4. The quantitative estimate of drug-likeness (QED) is 0.324. The molecule has 0 spiro atoms. The lowest BCUT2D eigenvalue weighted by Crippen LogP contribution is -2.43. The minimum atomic E-state index is -0.655. The number of carbonyl (C=O) groups is 4. The molecular formula is C29H15N5O5. The third-order valence-corrected chi connectivity index (χ3v) is 6.67. The molecule has 0 N–H and O–H groups in total. The van der Waals surface area contributed by atoms with Crippen LogP contribution in [0.2, 0.25) is 0 Å². The summed E-state index contributed by atoms with van der Waals surface area (Å²) in [6.45, 7) is 0. The smallest absolute Gasteiger partial charge is 0.269 e. The van der Waals surface area contributed by atoms with Gasteiger partial charge in [-0.2, -0.15) is 0 Å². The van der Waals surface area contributed by atoms with Crippen molar-refractivity contribution in [2.45, 2.75) is 0 Å². The third kappa shape index (κ3) is 3.25. The molecule has 0 fully saturated rings. The molecule has 0 bridgehead atoms. The molecule has 5 heterocycles. The molecule has 10 nitrogen and oxygen atoms in total. The molecule has 4 amide bonds. The second-order valence-corrected chi connectivity index (χ2v) is 8.80. The van der Waals surface area contributed by atoms with E-state index in [-0.39, 0.29) is 38.8 Å². The Morgan fingerprint density at radius 2 is 1.13 bits per heavy atom. The SMILES string of the molecule is O=C1c2ccc3c4c(c(Oc5cccnc5)cc(c24)C(=O)N1c1ccncc1)C(=O)N(c1ccncc1)C3=O. The van der Waals surface area contributed by atoms with Crippen LogP contribution in [0.3, 0.4) is 0 Å². The van der Waals surface area contributed by atoms with Gasteiger partial charge < -0.3 is 4.74 Å². The van der Waals surface area contributed by atoms with Gasteiger partial charge in [-0.05, 0) is 54.6 Å². The van der Waals surface area contributed by atoms with Crippen LogP contribution in [-0.4, -0.2) is 38.6 Å². The fraction of sp³-hybridized carbons (Fsp3) is 0. The van der Waals surface area contributed by atoms with Crippen LogP contribution in [0, 0.1) is 0 Å². The van der Waals surface area contributed by atoms with Crippen LogP contribution in [-0.2, 0) is 0 Å². The van der Waals surface area contributed by atoms with E-state index in [1.54, 1.807) is 42.6 Å². The topological polar surface area (TPSA) is 123 Å². The molecule has 2 aliphatic heterocycles. The van der Waals surface area contributed by atoms with E-state index >= 15 is 0 Å². The van der Waals surface area contributed by atoms with Crippen molar-refractivity contribution in [3.8, 4) is 11.5 Å². The number of carbonyl (C=O) groups excluding carboxylic acids is 4. The summed E-state index contributed by atoms with van der Waals surface area (Å²) in [5.74, 6) is -2.06. The largest absolute Gasteiger partial charge is 0.455 e. The molecule has 0 saturated heterocycles.